The van der Waals surface area contributed by atoms with Gasteiger partial charge in [-0.25, -0.2) is 8.70 Å². The lowest BCUT2D eigenvalue weighted by molar-refractivity contribution is -0.113. The van der Waals surface area contributed by atoms with Crippen molar-refractivity contribution < 1.29 is 17.6 Å². The van der Waals surface area contributed by atoms with Crippen molar-refractivity contribution in [2.45, 2.75) is 0 Å². The molecule has 0 saturated carbocycles. The van der Waals surface area contributed by atoms with Gasteiger partial charge in [-0.2, -0.15) is 8.42 Å². The Morgan fingerprint density at radius 3 is 2.65 bits per heavy atom. The molecule has 0 radical (unpaired) electrons. The zero-order valence-electron chi connectivity index (χ0n) is 15.9. The monoisotopic (exact) mass is 476 g/mol. The molecule has 3 aromatic rings. The number of nitrogens with zero attached hydrogens (tertiary/aromatic N) is 3. The van der Waals surface area contributed by atoms with Gasteiger partial charge in [0.05, 0.1) is 26.2 Å². The van der Waals surface area contributed by atoms with Crippen molar-refractivity contribution in [2.75, 3.05) is 12.4 Å². The number of carbonyl (C=O) groups excluding carboxylic acids is 1. The van der Waals surface area contributed by atoms with Gasteiger partial charge in [0.1, 0.15) is 11.5 Å². The number of aromatic nitrogens is 1. The largest absolute Gasteiger partial charge is 0.345 e. The second-order valence-electron chi connectivity index (χ2n) is 6.41. The quantitative estimate of drug-likeness (QED) is 0.613. The maximum absolute atomic E-state index is 13.4. The molecule has 0 saturated heterocycles. The number of anilines is 1. The maximum atomic E-state index is 13.4. The molecule has 0 fully saturated rings. The first-order valence-corrected chi connectivity index (χ1v) is 11.4. The van der Waals surface area contributed by atoms with Gasteiger partial charge in [-0.05, 0) is 48.5 Å². The van der Waals surface area contributed by atoms with E-state index in [9.17, 15) is 17.6 Å². The molecule has 1 aliphatic rings. The van der Waals surface area contributed by atoms with Crippen LogP contribution in [0.25, 0.3) is 10.6 Å². The number of allylic oxidation sites excluding steroid dienone is 1. The van der Waals surface area contributed by atoms with Crippen LogP contribution in [-0.2, 0) is 15.0 Å². The Morgan fingerprint density at radius 2 is 1.94 bits per heavy atom. The van der Waals surface area contributed by atoms with Gasteiger partial charge in [0, 0.05) is 18.9 Å². The Labute approximate surface area is 186 Å². The molecule has 0 aliphatic carbocycles. The fourth-order valence-corrected chi connectivity index (χ4v) is 4.86. The summed E-state index contributed by atoms with van der Waals surface area (Å²) in [5.41, 5.74) is 0.955. The molecule has 158 valence electrons. The highest BCUT2D eigenvalue weighted by atomic mass is 35.5. The first-order chi connectivity index (χ1) is 14.7. The average Bonchev–Trinajstić information content (AvgIpc) is 3.23. The molecule has 11 heteroatoms. The molecule has 2 aromatic heterocycles. The van der Waals surface area contributed by atoms with Crippen molar-refractivity contribution in [3.8, 4) is 10.6 Å². The number of nitrogens with one attached hydrogen (secondary N) is 1. The van der Waals surface area contributed by atoms with Crippen molar-refractivity contribution in [3.05, 3.63) is 82.2 Å². The van der Waals surface area contributed by atoms with Gasteiger partial charge < -0.3 is 5.32 Å². The summed E-state index contributed by atoms with van der Waals surface area (Å²) in [6, 6.07) is 12.7. The Hall–Kier alpha value is -3.08. The number of amides is 1. The number of thiophene rings is 1. The number of carbonyl (C=O) groups is 1. The molecule has 3 heterocycles. The predicted molar refractivity (Wildman–Crippen MR) is 119 cm³/mol. The molecule has 31 heavy (non-hydrogen) atoms. The van der Waals surface area contributed by atoms with Gasteiger partial charge in [-0.1, -0.05) is 17.7 Å². The molecule has 1 amide bonds. The van der Waals surface area contributed by atoms with Crippen LogP contribution in [0.1, 0.15) is 4.88 Å². The molecular formula is C20H14ClFN4O3S2. The molecule has 4 rings (SSSR count). The van der Waals surface area contributed by atoms with Gasteiger partial charge in [0.25, 0.3) is 5.91 Å². The molecule has 1 N–H and O–H groups in total. The number of hydrogen-bond donors (Lipinski definition) is 1. The highest BCUT2D eigenvalue weighted by Gasteiger charge is 2.30. The van der Waals surface area contributed by atoms with E-state index in [1.165, 1.54) is 36.6 Å². The second kappa shape index (κ2) is 8.22. The van der Waals surface area contributed by atoms with Gasteiger partial charge in [-0.3, -0.25) is 9.78 Å². The topological polar surface area (TPSA) is 91.7 Å². The zero-order valence-corrected chi connectivity index (χ0v) is 18.3. The van der Waals surface area contributed by atoms with Crippen LogP contribution in [0, 0.1) is 5.82 Å². The fraction of sp³-hybridized carbons (Fsp3) is 0.0500. The van der Waals surface area contributed by atoms with E-state index in [2.05, 4.69) is 14.7 Å². The van der Waals surface area contributed by atoms with Crippen LogP contribution in [0.15, 0.2) is 70.9 Å². The third-order valence-corrected chi connectivity index (χ3v) is 7.09. The Morgan fingerprint density at radius 1 is 1.16 bits per heavy atom. The van der Waals surface area contributed by atoms with Crippen LogP contribution in [0.5, 0.6) is 0 Å². The summed E-state index contributed by atoms with van der Waals surface area (Å²) in [7, 11) is -2.89. The SMILES string of the molecule is CN1C(C(=O)Nc2ccc(F)c(Cl)c2)=CC(c2ccc(-c3ccccn3)s2)=NS1(=O)=O. The summed E-state index contributed by atoms with van der Waals surface area (Å²) in [6.45, 7) is 0. The highest BCUT2D eigenvalue weighted by molar-refractivity contribution is 7.88. The van der Waals surface area contributed by atoms with E-state index in [1.54, 1.807) is 18.3 Å². The molecule has 1 aliphatic heterocycles. The van der Waals surface area contributed by atoms with Gasteiger partial charge in [-0.15, -0.1) is 15.7 Å². The summed E-state index contributed by atoms with van der Waals surface area (Å²) in [4.78, 5) is 18.5. The van der Waals surface area contributed by atoms with Gasteiger partial charge >= 0.3 is 10.2 Å². The standard InChI is InChI=1S/C20H14ClFN4O3S2/c1-26-17(20(27)24-12-5-6-14(22)13(21)10-12)11-16(25-31(26,28)29)19-8-7-18(30-19)15-4-2-3-9-23-15/h2-11H,1H3,(H,24,27). The number of pyridine rings is 1. The Balaban J connectivity index is 1.67. The lowest BCUT2D eigenvalue weighted by Crippen LogP contribution is -2.35. The Kier molecular flexibility index (Phi) is 5.61. The second-order valence-corrected chi connectivity index (χ2v) is 9.53. The van der Waals surface area contributed by atoms with Crippen molar-refractivity contribution in [1.82, 2.24) is 9.29 Å². The predicted octanol–water partition coefficient (Wildman–Crippen LogP) is 4.10. The van der Waals surface area contributed by atoms with E-state index >= 15 is 0 Å². The number of likely N-dealkylation sites (N-methyl/N-ethyl adjacent to an activating group) is 1. The van der Waals surface area contributed by atoms with E-state index in [1.807, 2.05) is 18.2 Å². The third kappa shape index (κ3) is 4.36. The summed E-state index contributed by atoms with van der Waals surface area (Å²) in [5.74, 6) is -1.34. The van der Waals surface area contributed by atoms with E-state index < -0.39 is 21.9 Å². The van der Waals surface area contributed by atoms with E-state index in [0.29, 0.717) is 4.88 Å². The summed E-state index contributed by atoms with van der Waals surface area (Å²) < 4.78 is 43.0. The molecule has 0 atom stereocenters. The smallest absolute Gasteiger partial charge is 0.321 e. The molecule has 0 unspecified atom stereocenters. The van der Waals surface area contributed by atoms with Crippen LogP contribution in [0.3, 0.4) is 0 Å². The van der Waals surface area contributed by atoms with Gasteiger partial charge in [0.15, 0.2) is 0 Å². The minimum atomic E-state index is -4.12. The zero-order chi connectivity index (χ0) is 22.2. The molecular weight excluding hydrogens is 463 g/mol. The van der Waals surface area contributed by atoms with Crippen molar-refractivity contribution in [2.24, 2.45) is 4.40 Å². The summed E-state index contributed by atoms with van der Waals surface area (Å²) in [6.07, 6.45) is 3.05. The summed E-state index contributed by atoms with van der Waals surface area (Å²) >= 11 is 7.05. The van der Waals surface area contributed by atoms with Crippen LogP contribution in [0.2, 0.25) is 5.02 Å². The molecule has 0 bridgehead atoms. The fourth-order valence-electron chi connectivity index (χ4n) is 2.77. The number of halogens is 2. The lowest BCUT2D eigenvalue weighted by Gasteiger charge is -2.23. The van der Waals surface area contributed by atoms with Crippen LogP contribution < -0.4 is 5.32 Å². The first kappa shape index (κ1) is 21.2. The van der Waals surface area contributed by atoms with Crippen LogP contribution in [0.4, 0.5) is 10.1 Å². The minimum absolute atomic E-state index is 0.132. The van der Waals surface area contributed by atoms with Crippen molar-refractivity contribution in [3.63, 3.8) is 0 Å². The van der Waals surface area contributed by atoms with Crippen LogP contribution >= 0.6 is 22.9 Å². The van der Waals surface area contributed by atoms with Crippen molar-refractivity contribution >= 4 is 50.5 Å². The number of rotatable bonds is 4. The molecule has 0 spiro atoms. The maximum Gasteiger partial charge on any atom is 0.345 e. The lowest BCUT2D eigenvalue weighted by atomic mass is 10.2. The number of benzene rings is 1. The molecule has 1 aromatic carbocycles. The van der Waals surface area contributed by atoms with Crippen LogP contribution in [-0.4, -0.2) is 36.4 Å². The van der Waals surface area contributed by atoms with E-state index in [4.69, 9.17) is 11.6 Å². The number of hydrogen-bond acceptors (Lipinski definition) is 5. The van der Waals surface area contributed by atoms with E-state index in [0.717, 1.165) is 20.9 Å². The third-order valence-electron chi connectivity index (χ3n) is 4.36. The minimum Gasteiger partial charge on any atom is -0.321 e. The normalized spacial score (nSPS) is 15.3. The van der Waals surface area contributed by atoms with Crippen molar-refractivity contribution in [1.29, 1.82) is 0 Å². The first-order valence-electron chi connectivity index (χ1n) is 8.83. The van der Waals surface area contributed by atoms with E-state index in [-0.39, 0.29) is 22.1 Å². The average molecular weight is 477 g/mol. The van der Waals surface area contributed by atoms with Gasteiger partial charge in [0.2, 0.25) is 0 Å². The summed E-state index contributed by atoms with van der Waals surface area (Å²) in [5, 5.41) is 2.36. The highest BCUT2D eigenvalue weighted by Crippen LogP contribution is 2.30. The Bertz CT molecular complexity index is 1340. The molecule has 7 nitrogen and oxygen atoms in total.